The Morgan fingerprint density at radius 3 is 2.86 bits per heavy atom. The molecule has 7 heteroatoms. The first-order valence-electron chi connectivity index (χ1n) is 7.04. The van der Waals surface area contributed by atoms with Gasteiger partial charge >= 0.3 is 0 Å². The second-order valence-corrected chi connectivity index (χ2v) is 5.70. The normalized spacial score (nSPS) is 10.6. The molecule has 22 heavy (non-hydrogen) atoms. The van der Waals surface area contributed by atoms with Crippen LogP contribution in [-0.4, -0.2) is 40.8 Å². The van der Waals surface area contributed by atoms with Crippen molar-refractivity contribution in [1.29, 1.82) is 0 Å². The van der Waals surface area contributed by atoms with E-state index in [4.69, 9.17) is 4.74 Å². The van der Waals surface area contributed by atoms with E-state index < -0.39 is 0 Å². The van der Waals surface area contributed by atoms with Crippen LogP contribution in [0.4, 0.5) is 0 Å². The van der Waals surface area contributed by atoms with Crippen LogP contribution in [0.15, 0.2) is 34.4 Å². The molecule has 0 saturated heterocycles. The molecular formula is C15H19N3O3S. The minimum atomic E-state index is -0.241. The predicted molar refractivity (Wildman–Crippen MR) is 85.1 cm³/mol. The van der Waals surface area contributed by atoms with Crippen LogP contribution in [0.5, 0.6) is 0 Å². The Kier molecular flexibility index (Phi) is 5.85. The number of amides is 1. The topological polar surface area (TPSA) is 64.4 Å². The number of hydrogen-bond donors (Lipinski definition) is 0. The van der Waals surface area contributed by atoms with Crippen LogP contribution >= 0.6 is 11.3 Å². The number of thiophene rings is 1. The van der Waals surface area contributed by atoms with E-state index in [1.807, 2.05) is 24.4 Å². The minimum absolute atomic E-state index is 0.179. The maximum Gasteiger partial charge on any atom is 0.274 e. The first-order chi connectivity index (χ1) is 10.7. The highest BCUT2D eigenvalue weighted by molar-refractivity contribution is 7.09. The molecule has 0 fully saturated rings. The molecule has 0 unspecified atom stereocenters. The van der Waals surface area contributed by atoms with Gasteiger partial charge in [0.25, 0.3) is 11.5 Å². The van der Waals surface area contributed by atoms with Gasteiger partial charge in [-0.2, -0.15) is 5.10 Å². The first-order valence-corrected chi connectivity index (χ1v) is 7.92. The van der Waals surface area contributed by atoms with E-state index in [1.54, 1.807) is 23.3 Å². The molecule has 2 rings (SSSR count). The summed E-state index contributed by atoms with van der Waals surface area (Å²) >= 11 is 1.61. The monoisotopic (exact) mass is 321 g/mol. The van der Waals surface area contributed by atoms with Crippen LogP contribution in [0.2, 0.25) is 0 Å². The molecule has 2 aromatic heterocycles. The molecule has 0 aliphatic carbocycles. The molecule has 6 nitrogen and oxygen atoms in total. The Hall–Kier alpha value is -1.99. The smallest absolute Gasteiger partial charge is 0.274 e. The third kappa shape index (κ3) is 4.02. The summed E-state index contributed by atoms with van der Waals surface area (Å²) < 4.78 is 6.21. The second-order valence-electron chi connectivity index (χ2n) is 4.67. The lowest BCUT2D eigenvalue weighted by Crippen LogP contribution is -2.33. The van der Waals surface area contributed by atoms with Crippen LogP contribution in [0.25, 0.3) is 0 Å². The summed E-state index contributed by atoms with van der Waals surface area (Å²) in [7, 11) is 1.56. The number of ether oxygens (including phenoxy) is 1. The molecule has 2 heterocycles. The van der Waals surface area contributed by atoms with Crippen molar-refractivity contribution in [2.45, 2.75) is 20.0 Å². The summed E-state index contributed by atoms with van der Waals surface area (Å²) in [6.45, 7) is 3.75. The van der Waals surface area contributed by atoms with Crippen LogP contribution in [-0.2, 0) is 17.8 Å². The molecule has 0 aliphatic heterocycles. The van der Waals surface area contributed by atoms with Crippen LogP contribution in [0.1, 0.15) is 22.3 Å². The van der Waals surface area contributed by atoms with Crippen molar-refractivity contribution in [2.75, 3.05) is 20.3 Å². The third-order valence-electron chi connectivity index (χ3n) is 3.19. The highest BCUT2D eigenvalue weighted by atomic mass is 32.1. The van der Waals surface area contributed by atoms with Crippen LogP contribution in [0, 0.1) is 0 Å². The van der Waals surface area contributed by atoms with Crippen molar-refractivity contribution in [2.24, 2.45) is 0 Å². The fourth-order valence-corrected chi connectivity index (χ4v) is 2.70. The summed E-state index contributed by atoms with van der Waals surface area (Å²) in [5.74, 6) is -0.179. The predicted octanol–water partition coefficient (Wildman–Crippen LogP) is 1.61. The van der Waals surface area contributed by atoms with Crippen LogP contribution < -0.4 is 5.56 Å². The lowest BCUT2D eigenvalue weighted by molar-refractivity contribution is 0.0744. The van der Waals surface area contributed by atoms with Gasteiger partial charge in [-0.05, 0) is 24.4 Å². The molecule has 0 saturated carbocycles. The minimum Gasteiger partial charge on any atom is -0.383 e. The Balaban J connectivity index is 2.18. The van der Waals surface area contributed by atoms with Crippen molar-refractivity contribution < 1.29 is 9.53 Å². The number of hydrogen-bond acceptors (Lipinski definition) is 5. The van der Waals surface area contributed by atoms with Gasteiger partial charge in [0.1, 0.15) is 5.69 Å². The number of carbonyl (C=O) groups is 1. The fourth-order valence-electron chi connectivity index (χ4n) is 1.98. The highest BCUT2D eigenvalue weighted by Gasteiger charge is 2.17. The Morgan fingerprint density at radius 1 is 1.41 bits per heavy atom. The maximum atomic E-state index is 12.6. The molecule has 118 valence electrons. The molecule has 0 atom stereocenters. The van der Waals surface area contributed by atoms with E-state index in [1.165, 1.54) is 16.8 Å². The van der Waals surface area contributed by atoms with Crippen molar-refractivity contribution in [3.63, 3.8) is 0 Å². The largest absolute Gasteiger partial charge is 0.383 e. The van der Waals surface area contributed by atoms with E-state index in [-0.39, 0.29) is 17.2 Å². The van der Waals surface area contributed by atoms with Gasteiger partial charge in [0.15, 0.2) is 0 Å². The van der Waals surface area contributed by atoms with Gasteiger partial charge in [-0.1, -0.05) is 6.07 Å². The Bertz CT molecular complexity index is 667. The van der Waals surface area contributed by atoms with E-state index in [0.29, 0.717) is 26.2 Å². The molecule has 0 aromatic carbocycles. The number of methoxy groups -OCH3 is 1. The van der Waals surface area contributed by atoms with Gasteiger partial charge in [0.2, 0.25) is 0 Å². The first kappa shape index (κ1) is 16.4. The summed E-state index contributed by atoms with van der Waals surface area (Å²) in [4.78, 5) is 27.1. The fraction of sp³-hybridized carbons (Fsp3) is 0.400. The van der Waals surface area contributed by atoms with Gasteiger partial charge in [-0.25, -0.2) is 4.68 Å². The van der Waals surface area contributed by atoms with E-state index in [2.05, 4.69) is 5.10 Å². The quantitative estimate of drug-likeness (QED) is 0.777. The molecule has 0 spiro atoms. The maximum absolute atomic E-state index is 12.6. The van der Waals surface area contributed by atoms with E-state index >= 15 is 0 Å². The zero-order chi connectivity index (χ0) is 15.9. The summed E-state index contributed by atoms with van der Waals surface area (Å²) in [6.07, 6.45) is 0. The molecule has 0 N–H and O–H groups in total. The zero-order valence-corrected chi connectivity index (χ0v) is 13.5. The van der Waals surface area contributed by atoms with Crippen molar-refractivity contribution in [3.8, 4) is 0 Å². The summed E-state index contributed by atoms with van der Waals surface area (Å²) in [6, 6.07) is 6.80. The number of carbonyl (C=O) groups excluding carboxylic acids is 1. The molecule has 1 amide bonds. The SMILES string of the molecule is CCN(Cc1cccs1)C(=O)c1ccc(=O)n(CCOC)n1. The zero-order valence-electron chi connectivity index (χ0n) is 12.7. The summed E-state index contributed by atoms with van der Waals surface area (Å²) in [5.41, 5.74) is 0.0315. The van der Waals surface area contributed by atoms with E-state index in [9.17, 15) is 9.59 Å². The van der Waals surface area contributed by atoms with Gasteiger partial charge in [-0.15, -0.1) is 11.3 Å². The van der Waals surface area contributed by atoms with Gasteiger partial charge in [-0.3, -0.25) is 9.59 Å². The third-order valence-corrected chi connectivity index (χ3v) is 4.05. The lowest BCUT2D eigenvalue weighted by atomic mass is 10.3. The van der Waals surface area contributed by atoms with Crippen molar-refractivity contribution >= 4 is 17.2 Å². The van der Waals surface area contributed by atoms with Gasteiger partial charge in [0, 0.05) is 24.6 Å². The number of aromatic nitrogens is 2. The molecule has 0 radical (unpaired) electrons. The summed E-state index contributed by atoms with van der Waals surface area (Å²) in [5, 5.41) is 6.13. The lowest BCUT2D eigenvalue weighted by Gasteiger charge is -2.19. The average Bonchev–Trinajstić information content (AvgIpc) is 3.04. The van der Waals surface area contributed by atoms with Gasteiger partial charge < -0.3 is 9.64 Å². The molecular weight excluding hydrogens is 302 g/mol. The van der Waals surface area contributed by atoms with Crippen molar-refractivity contribution in [1.82, 2.24) is 14.7 Å². The number of rotatable bonds is 7. The average molecular weight is 321 g/mol. The Morgan fingerprint density at radius 2 is 2.23 bits per heavy atom. The standard InChI is InChI=1S/C15H19N3O3S/c1-3-17(11-12-5-4-10-22-12)15(20)13-6-7-14(19)18(16-13)8-9-21-2/h4-7,10H,3,8-9,11H2,1-2H3. The highest BCUT2D eigenvalue weighted by Crippen LogP contribution is 2.13. The second kappa shape index (κ2) is 7.86. The van der Waals surface area contributed by atoms with Gasteiger partial charge in [0.05, 0.1) is 19.7 Å². The molecule has 0 aliphatic rings. The molecule has 0 bridgehead atoms. The number of nitrogens with zero attached hydrogens (tertiary/aromatic N) is 3. The van der Waals surface area contributed by atoms with E-state index in [0.717, 1.165) is 4.88 Å². The Labute approximate surface area is 132 Å². The van der Waals surface area contributed by atoms with Crippen LogP contribution in [0.3, 0.4) is 0 Å². The van der Waals surface area contributed by atoms with Crippen molar-refractivity contribution in [3.05, 3.63) is 50.6 Å². The molecule has 2 aromatic rings.